The largest absolute Gasteiger partial charge is 0.445 e. The molecule has 11 heavy (non-hydrogen) atoms. The summed E-state index contributed by atoms with van der Waals surface area (Å²) in [6, 6.07) is -0.426. The van der Waals surface area contributed by atoms with Crippen LogP contribution in [0.25, 0.3) is 0 Å². The maximum Gasteiger partial charge on any atom is 0.282 e. The minimum atomic E-state index is -0.635. The van der Waals surface area contributed by atoms with Crippen LogP contribution in [0.4, 0.5) is 0 Å². The molecule has 3 nitrogen and oxygen atoms in total. The Labute approximate surface area is 69.9 Å². The zero-order chi connectivity index (χ0) is 8.85. The standard InChI is InChI=1S/C6H12B2O3/c1-4(9)6(3-10-8)11-5(2)7/h4-6,9H,3H2,1-2H3/t4-,5-,6?/m1/s1. The molecule has 0 bridgehead atoms. The van der Waals surface area contributed by atoms with Gasteiger partial charge in [0, 0.05) is 6.00 Å². The van der Waals surface area contributed by atoms with Gasteiger partial charge in [-0.1, -0.05) is 0 Å². The summed E-state index contributed by atoms with van der Waals surface area (Å²) < 4.78 is 9.40. The molecule has 0 heterocycles. The van der Waals surface area contributed by atoms with Crippen LogP contribution < -0.4 is 0 Å². The van der Waals surface area contributed by atoms with Crippen LogP contribution in [0.2, 0.25) is 0 Å². The van der Waals surface area contributed by atoms with Crippen LogP contribution in [-0.4, -0.2) is 45.8 Å². The van der Waals surface area contributed by atoms with E-state index in [2.05, 4.69) is 4.65 Å². The van der Waals surface area contributed by atoms with Crippen LogP contribution >= 0.6 is 0 Å². The van der Waals surface area contributed by atoms with Gasteiger partial charge < -0.3 is 14.5 Å². The molecule has 0 spiro atoms. The van der Waals surface area contributed by atoms with E-state index >= 15 is 0 Å². The Kier molecular flexibility index (Phi) is 5.64. The van der Waals surface area contributed by atoms with E-state index in [0.29, 0.717) is 0 Å². The Morgan fingerprint density at radius 3 is 2.27 bits per heavy atom. The first-order chi connectivity index (χ1) is 5.07. The van der Waals surface area contributed by atoms with Crippen molar-refractivity contribution < 1.29 is 14.5 Å². The first-order valence-electron chi connectivity index (χ1n) is 3.48. The van der Waals surface area contributed by atoms with Gasteiger partial charge >= 0.3 is 0 Å². The second-order valence-electron chi connectivity index (χ2n) is 2.45. The SMILES string of the molecule is [B]OCC(O[C@@H]([B])C)[C@@H](C)O. The van der Waals surface area contributed by atoms with Crippen molar-refractivity contribution in [3.63, 3.8) is 0 Å². The second-order valence-corrected chi connectivity index (χ2v) is 2.45. The van der Waals surface area contributed by atoms with E-state index in [-0.39, 0.29) is 6.61 Å². The molecule has 0 aromatic carbocycles. The quantitative estimate of drug-likeness (QED) is 0.535. The summed E-state index contributed by atoms with van der Waals surface area (Å²) in [6.07, 6.45) is -1.09. The highest BCUT2D eigenvalue weighted by Crippen LogP contribution is 2.01. The number of aliphatic hydroxyl groups is 1. The Morgan fingerprint density at radius 2 is 2.00 bits per heavy atom. The summed E-state index contributed by atoms with van der Waals surface area (Å²) in [4.78, 5) is 0. The van der Waals surface area contributed by atoms with Crippen LogP contribution in [0, 0.1) is 0 Å². The van der Waals surface area contributed by atoms with Crippen molar-refractivity contribution in [1.29, 1.82) is 0 Å². The molecular formula is C6H12B2O3. The van der Waals surface area contributed by atoms with Gasteiger partial charge in [0.25, 0.3) is 8.05 Å². The van der Waals surface area contributed by atoms with Gasteiger partial charge in [-0.2, -0.15) is 0 Å². The summed E-state index contributed by atoms with van der Waals surface area (Å²) in [7, 11) is 10.1. The maximum atomic E-state index is 9.08. The van der Waals surface area contributed by atoms with Crippen molar-refractivity contribution in [2.45, 2.75) is 32.1 Å². The lowest BCUT2D eigenvalue weighted by atomic mass is 10.0. The van der Waals surface area contributed by atoms with E-state index in [1.165, 1.54) is 0 Å². The van der Waals surface area contributed by atoms with Crippen LogP contribution in [0.1, 0.15) is 13.8 Å². The molecule has 0 rings (SSSR count). The van der Waals surface area contributed by atoms with Crippen molar-refractivity contribution in [3.05, 3.63) is 0 Å². The molecule has 1 N–H and O–H groups in total. The second kappa shape index (κ2) is 5.63. The molecular weight excluding hydrogens is 142 g/mol. The van der Waals surface area contributed by atoms with Gasteiger partial charge in [-0.15, -0.1) is 0 Å². The van der Waals surface area contributed by atoms with Crippen molar-refractivity contribution >= 4 is 15.9 Å². The molecule has 5 heteroatoms. The molecule has 0 aliphatic heterocycles. The number of hydrogen-bond acceptors (Lipinski definition) is 3. The first kappa shape index (κ1) is 11.0. The third-order valence-corrected chi connectivity index (χ3v) is 1.19. The lowest BCUT2D eigenvalue weighted by molar-refractivity contribution is -0.0579. The van der Waals surface area contributed by atoms with Crippen LogP contribution in [0.3, 0.4) is 0 Å². The highest BCUT2D eigenvalue weighted by molar-refractivity contribution is 6.10. The van der Waals surface area contributed by atoms with Crippen molar-refractivity contribution in [1.82, 2.24) is 0 Å². The molecule has 0 aliphatic rings. The van der Waals surface area contributed by atoms with Crippen molar-refractivity contribution in [2.24, 2.45) is 0 Å². The average molecular weight is 154 g/mol. The van der Waals surface area contributed by atoms with Crippen molar-refractivity contribution in [2.75, 3.05) is 6.61 Å². The number of hydrogen-bond donors (Lipinski definition) is 1. The van der Waals surface area contributed by atoms with Gasteiger partial charge in [-0.25, -0.2) is 0 Å². The lowest BCUT2D eigenvalue weighted by Crippen LogP contribution is -2.34. The van der Waals surface area contributed by atoms with Gasteiger partial charge in [0.05, 0.1) is 12.7 Å². The smallest absolute Gasteiger partial charge is 0.282 e. The first-order valence-corrected chi connectivity index (χ1v) is 3.48. The zero-order valence-electron chi connectivity index (χ0n) is 6.86. The molecule has 60 valence electrons. The normalized spacial score (nSPS) is 19.2. The highest BCUT2D eigenvalue weighted by atomic mass is 16.5. The minimum absolute atomic E-state index is 0.138. The van der Waals surface area contributed by atoms with Gasteiger partial charge in [-0.3, -0.25) is 0 Å². The molecule has 0 fully saturated rings. The van der Waals surface area contributed by atoms with E-state index in [9.17, 15) is 0 Å². The van der Waals surface area contributed by atoms with Crippen LogP contribution in [0.5, 0.6) is 0 Å². The summed E-state index contributed by atoms with van der Waals surface area (Å²) in [5, 5.41) is 9.08. The number of rotatable bonds is 5. The third kappa shape index (κ3) is 5.30. The molecule has 0 aliphatic carbocycles. The maximum absolute atomic E-state index is 9.08. The summed E-state index contributed by atoms with van der Waals surface area (Å²) >= 11 is 0. The fraction of sp³-hybridized carbons (Fsp3) is 1.00. The van der Waals surface area contributed by atoms with Crippen LogP contribution in [0.15, 0.2) is 0 Å². The van der Waals surface area contributed by atoms with E-state index in [1.54, 1.807) is 13.8 Å². The fourth-order valence-electron chi connectivity index (χ4n) is 0.663. The number of ether oxygens (including phenoxy) is 1. The predicted octanol–water partition coefficient (Wildman–Crippen LogP) is -0.633. The molecule has 0 aromatic heterocycles. The molecule has 3 atom stereocenters. The molecule has 4 radical (unpaired) electrons. The summed E-state index contributed by atoms with van der Waals surface area (Å²) in [5.41, 5.74) is 0. The predicted molar refractivity (Wildman–Crippen MR) is 43.5 cm³/mol. The number of aliphatic hydroxyl groups excluding tert-OH is 1. The average Bonchev–Trinajstić information content (AvgIpc) is 1.86. The Morgan fingerprint density at radius 1 is 1.45 bits per heavy atom. The van der Waals surface area contributed by atoms with Crippen LogP contribution in [-0.2, 0) is 9.39 Å². The Balaban J connectivity index is 3.69. The summed E-state index contributed by atoms with van der Waals surface area (Å²) in [5.74, 6) is 0. The zero-order valence-corrected chi connectivity index (χ0v) is 6.86. The van der Waals surface area contributed by atoms with Gasteiger partial charge in [0.1, 0.15) is 14.0 Å². The van der Waals surface area contributed by atoms with E-state index in [1.807, 2.05) is 0 Å². The topological polar surface area (TPSA) is 38.7 Å². The Hall–Kier alpha value is 0.00987. The lowest BCUT2D eigenvalue weighted by Gasteiger charge is -2.22. The molecule has 0 aromatic rings. The molecule has 0 saturated carbocycles. The fourth-order valence-corrected chi connectivity index (χ4v) is 0.663. The highest BCUT2D eigenvalue weighted by Gasteiger charge is 2.15. The van der Waals surface area contributed by atoms with E-state index in [0.717, 1.165) is 0 Å². The summed E-state index contributed by atoms with van der Waals surface area (Å²) in [6.45, 7) is 3.40. The molecule has 0 amide bonds. The molecule has 1 unspecified atom stereocenters. The van der Waals surface area contributed by atoms with Gasteiger partial charge in [0.15, 0.2) is 0 Å². The van der Waals surface area contributed by atoms with Gasteiger partial charge in [-0.05, 0) is 13.8 Å². The van der Waals surface area contributed by atoms with Gasteiger partial charge in [0.2, 0.25) is 0 Å². The molecule has 0 saturated heterocycles. The van der Waals surface area contributed by atoms with E-state index in [4.69, 9.17) is 25.7 Å². The van der Waals surface area contributed by atoms with E-state index < -0.39 is 18.2 Å². The third-order valence-electron chi connectivity index (χ3n) is 1.19. The minimum Gasteiger partial charge on any atom is -0.445 e. The Bertz CT molecular complexity index is 97.8. The van der Waals surface area contributed by atoms with Crippen molar-refractivity contribution in [3.8, 4) is 0 Å². The monoisotopic (exact) mass is 154 g/mol.